The molecule has 3 heteroatoms. The Bertz CT molecular complexity index is 581. The van der Waals surface area contributed by atoms with Crippen molar-refractivity contribution >= 4 is 5.69 Å². The molecular weight excluding hydrogens is 251 g/mol. The fourth-order valence-corrected chi connectivity index (χ4v) is 2.42. The highest BCUT2D eigenvalue weighted by Crippen LogP contribution is 2.31. The molecule has 106 valence electrons. The van der Waals surface area contributed by atoms with Gasteiger partial charge in [-0.25, -0.2) is 4.39 Å². The second-order valence-electron chi connectivity index (χ2n) is 5.16. The van der Waals surface area contributed by atoms with Gasteiger partial charge in [-0.05, 0) is 31.5 Å². The molecular formula is C17H21FN2. The van der Waals surface area contributed by atoms with Gasteiger partial charge in [0.1, 0.15) is 5.82 Å². The fourth-order valence-electron chi connectivity index (χ4n) is 2.42. The first-order chi connectivity index (χ1) is 9.52. The highest BCUT2D eigenvalue weighted by molar-refractivity contribution is 5.55. The number of para-hydroxylation sites is 1. The molecule has 2 rings (SSSR count). The molecule has 0 radical (unpaired) electrons. The Labute approximate surface area is 120 Å². The number of nitrogens with zero attached hydrogens (tertiary/aromatic N) is 1. The third-order valence-electron chi connectivity index (χ3n) is 3.74. The molecule has 0 amide bonds. The molecule has 0 spiro atoms. The third kappa shape index (κ3) is 2.83. The molecule has 0 aliphatic rings. The summed E-state index contributed by atoms with van der Waals surface area (Å²) in [5.74, 6) is -0.176. The van der Waals surface area contributed by atoms with E-state index in [0.29, 0.717) is 5.56 Å². The van der Waals surface area contributed by atoms with E-state index in [9.17, 15) is 4.39 Å². The first-order valence-electron chi connectivity index (χ1n) is 6.84. The monoisotopic (exact) mass is 272 g/mol. The minimum Gasteiger partial charge on any atom is -0.367 e. The fraction of sp³-hybridized carbons (Fsp3) is 0.294. The molecule has 0 bridgehead atoms. The number of halogens is 1. The first kappa shape index (κ1) is 14.5. The van der Waals surface area contributed by atoms with Gasteiger partial charge in [-0.1, -0.05) is 36.4 Å². The predicted molar refractivity (Wildman–Crippen MR) is 82.3 cm³/mol. The van der Waals surface area contributed by atoms with Crippen LogP contribution in [0.2, 0.25) is 0 Å². The summed E-state index contributed by atoms with van der Waals surface area (Å²) in [5, 5.41) is 0. The minimum absolute atomic E-state index is 0.0542. The summed E-state index contributed by atoms with van der Waals surface area (Å²) in [6.07, 6.45) is 0. The normalized spacial score (nSPS) is 13.8. The molecule has 2 aromatic rings. The number of benzene rings is 2. The second kappa shape index (κ2) is 6.06. The van der Waals surface area contributed by atoms with Gasteiger partial charge in [-0.15, -0.1) is 0 Å². The molecule has 0 heterocycles. The number of nitrogens with two attached hydrogens (primary N) is 1. The summed E-state index contributed by atoms with van der Waals surface area (Å²) in [6, 6.07) is 14.8. The van der Waals surface area contributed by atoms with Gasteiger partial charge >= 0.3 is 0 Å². The number of hydrogen-bond acceptors (Lipinski definition) is 2. The van der Waals surface area contributed by atoms with Crippen LogP contribution in [0, 0.1) is 5.82 Å². The molecule has 20 heavy (non-hydrogen) atoms. The highest BCUT2D eigenvalue weighted by Gasteiger charge is 2.18. The topological polar surface area (TPSA) is 29.3 Å². The molecule has 1 unspecified atom stereocenters. The number of rotatable bonds is 4. The maximum atomic E-state index is 13.9. The van der Waals surface area contributed by atoms with Crippen molar-refractivity contribution in [3.05, 3.63) is 65.5 Å². The molecule has 0 aromatic heterocycles. The van der Waals surface area contributed by atoms with Crippen molar-refractivity contribution in [2.24, 2.45) is 5.73 Å². The second-order valence-corrected chi connectivity index (χ2v) is 5.16. The molecule has 0 saturated carbocycles. The zero-order valence-corrected chi connectivity index (χ0v) is 12.2. The van der Waals surface area contributed by atoms with E-state index in [1.165, 1.54) is 6.07 Å². The number of hydrogen-bond donors (Lipinski definition) is 1. The standard InChI is InChI=1S/C17H21FN2/c1-12(19)14-8-5-7-11-17(14)20(3)13(2)15-9-4-6-10-16(15)18/h4-13H,19H2,1-3H3/t12-,13?/m0/s1. The van der Waals surface area contributed by atoms with E-state index in [1.54, 1.807) is 6.07 Å². The van der Waals surface area contributed by atoms with Crippen LogP contribution in [-0.4, -0.2) is 7.05 Å². The zero-order chi connectivity index (χ0) is 14.7. The van der Waals surface area contributed by atoms with Crippen LogP contribution in [0.25, 0.3) is 0 Å². The van der Waals surface area contributed by atoms with E-state index in [-0.39, 0.29) is 17.9 Å². The Hall–Kier alpha value is -1.87. The van der Waals surface area contributed by atoms with Crippen LogP contribution in [0.15, 0.2) is 48.5 Å². The average molecular weight is 272 g/mol. The van der Waals surface area contributed by atoms with Crippen molar-refractivity contribution < 1.29 is 4.39 Å². The van der Waals surface area contributed by atoms with Gasteiger partial charge in [0.05, 0.1) is 6.04 Å². The lowest BCUT2D eigenvalue weighted by Gasteiger charge is -2.30. The Kier molecular flexibility index (Phi) is 4.40. The highest BCUT2D eigenvalue weighted by atomic mass is 19.1. The summed E-state index contributed by atoms with van der Waals surface area (Å²) >= 11 is 0. The van der Waals surface area contributed by atoms with E-state index in [4.69, 9.17) is 5.73 Å². The van der Waals surface area contributed by atoms with Gasteiger partial charge < -0.3 is 10.6 Å². The summed E-state index contributed by atoms with van der Waals surface area (Å²) in [4.78, 5) is 2.07. The largest absolute Gasteiger partial charge is 0.367 e. The quantitative estimate of drug-likeness (QED) is 0.910. The van der Waals surface area contributed by atoms with Gasteiger partial charge in [-0.3, -0.25) is 0 Å². The summed E-state index contributed by atoms with van der Waals surface area (Å²) < 4.78 is 13.9. The van der Waals surface area contributed by atoms with Crippen molar-refractivity contribution in [2.75, 3.05) is 11.9 Å². The summed E-state index contributed by atoms with van der Waals surface area (Å²) in [7, 11) is 1.97. The van der Waals surface area contributed by atoms with Crippen LogP contribution in [0.5, 0.6) is 0 Å². The third-order valence-corrected chi connectivity index (χ3v) is 3.74. The number of anilines is 1. The van der Waals surface area contributed by atoms with Crippen LogP contribution in [-0.2, 0) is 0 Å². The average Bonchev–Trinajstić information content (AvgIpc) is 2.46. The zero-order valence-electron chi connectivity index (χ0n) is 12.2. The summed E-state index contributed by atoms with van der Waals surface area (Å²) in [5.41, 5.74) is 8.82. The van der Waals surface area contributed by atoms with E-state index < -0.39 is 0 Å². The van der Waals surface area contributed by atoms with Crippen LogP contribution in [0.4, 0.5) is 10.1 Å². The van der Waals surface area contributed by atoms with Crippen molar-refractivity contribution in [3.63, 3.8) is 0 Å². The Morgan fingerprint density at radius 3 is 2.10 bits per heavy atom. The van der Waals surface area contributed by atoms with E-state index >= 15 is 0 Å². The van der Waals surface area contributed by atoms with Crippen molar-refractivity contribution in [2.45, 2.75) is 25.9 Å². The smallest absolute Gasteiger partial charge is 0.128 e. The minimum atomic E-state index is -0.176. The first-order valence-corrected chi connectivity index (χ1v) is 6.84. The van der Waals surface area contributed by atoms with Crippen LogP contribution in [0.1, 0.15) is 37.1 Å². The molecule has 2 nitrogen and oxygen atoms in total. The molecule has 2 atom stereocenters. The molecule has 2 aromatic carbocycles. The van der Waals surface area contributed by atoms with Gasteiger partial charge in [0, 0.05) is 24.3 Å². The molecule has 0 saturated heterocycles. The molecule has 0 aliphatic heterocycles. The van der Waals surface area contributed by atoms with Crippen LogP contribution < -0.4 is 10.6 Å². The van der Waals surface area contributed by atoms with E-state index in [1.807, 2.05) is 57.3 Å². The van der Waals surface area contributed by atoms with Crippen molar-refractivity contribution in [1.82, 2.24) is 0 Å². The van der Waals surface area contributed by atoms with Gasteiger partial charge in [0.15, 0.2) is 0 Å². The van der Waals surface area contributed by atoms with E-state index in [2.05, 4.69) is 4.90 Å². The van der Waals surface area contributed by atoms with Crippen LogP contribution in [0.3, 0.4) is 0 Å². The lowest BCUT2D eigenvalue weighted by atomic mass is 10.0. The Morgan fingerprint density at radius 2 is 1.50 bits per heavy atom. The molecule has 0 fully saturated rings. The molecule has 2 N–H and O–H groups in total. The van der Waals surface area contributed by atoms with E-state index in [0.717, 1.165) is 11.3 Å². The SMILES string of the molecule is CC(c1ccccc1F)N(C)c1ccccc1[C@H](C)N. The molecule has 0 aliphatic carbocycles. The summed E-state index contributed by atoms with van der Waals surface area (Å²) in [6.45, 7) is 3.96. The maximum Gasteiger partial charge on any atom is 0.128 e. The predicted octanol–water partition coefficient (Wildman–Crippen LogP) is 4.04. The van der Waals surface area contributed by atoms with Crippen LogP contribution >= 0.6 is 0 Å². The maximum absolute atomic E-state index is 13.9. The lowest BCUT2D eigenvalue weighted by molar-refractivity contribution is 0.584. The van der Waals surface area contributed by atoms with Gasteiger partial charge in [0.2, 0.25) is 0 Å². The van der Waals surface area contributed by atoms with Crippen molar-refractivity contribution in [1.29, 1.82) is 0 Å². The van der Waals surface area contributed by atoms with Gasteiger partial charge in [0.25, 0.3) is 0 Å². The lowest BCUT2D eigenvalue weighted by Crippen LogP contribution is -2.24. The van der Waals surface area contributed by atoms with Crippen molar-refractivity contribution in [3.8, 4) is 0 Å². The Morgan fingerprint density at radius 1 is 0.950 bits per heavy atom. The Balaban J connectivity index is 2.37. The van der Waals surface area contributed by atoms with Gasteiger partial charge in [-0.2, -0.15) is 0 Å².